The van der Waals surface area contributed by atoms with Gasteiger partial charge in [-0.3, -0.25) is 0 Å². The van der Waals surface area contributed by atoms with Crippen molar-refractivity contribution in [2.45, 2.75) is 18.4 Å². The lowest BCUT2D eigenvalue weighted by Crippen LogP contribution is -2.40. The first-order chi connectivity index (χ1) is 16.2. The van der Waals surface area contributed by atoms with Crippen molar-refractivity contribution >= 4 is 22.4 Å². The van der Waals surface area contributed by atoms with Crippen molar-refractivity contribution in [3.8, 4) is 23.3 Å². The second-order valence-electron chi connectivity index (χ2n) is 8.05. The van der Waals surface area contributed by atoms with E-state index in [2.05, 4.69) is 32.4 Å². The van der Waals surface area contributed by atoms with Gasteiger partial charge in [-0.2, -0.15) is 0 Å². The molecule has 2 heterocycles. The lowest BCUT2D eigenvalue weighted by molar-refractivity contribution is 0.0679. The molecule has 1 saturated heterocycles. The molecule has 33 heavy (non-hydrogen) atoms. The average Bonchev–Trinajstić information content (AvgIpc) is 2.85. The Kier molecular flexibility index (Phi) is 5.90. The van der Waals surface area contributed by atoms with Gasteiger partial charge in [-0.15, -0.1) is 0 Å². The molecular formula is C27H24N4O2. The summed E-state index contributed by atoms with van der Waals surface area (Å²) in [6.07, 6.45) is 2.81. The maximum absolute atomic E-state index is 10.6. The molecule has 1 aliphatic heterocycles. The van der Waals surface area contributed by atoms with Crippen molar-refractivity contribution in [3.63, 3.8) is 0 Å². The van der Waals surface area contributed by atoms with Crippen LogP contribution in [0.25, 0.3) is 10.9 Å². The van der Waals surface area contributed by atoms with Crippen LogP contribution in [0.15, 0.2) is 79.1 Å². The van der Waals surface area contributed by atoms with Gasteiger partial charge >= 0.3 is 0 Å². The van der Waals surface area contributed by atoms with Gasteiger partial charge in [-0.25, -0.2) is 9.97 Å². The summed E-state index contributed by atoms with van der Waals surface area (Å²) in [6.45, 7) is 1.56. The molecule has 0 atom stereocenters. The maximum Gasteiger partial charge on any atom is 0.141 e. The first-order valence-corrected chi connectivity index (χ1v) is 11.0. The number of anilines is 2. The van der Waals surface area contributed by atoms with Crippen LogP contribution in [0, 0.1) is 11.8 Å². The van der Waals surface area contributed by atoms with E-state index in [9.17, 15) is 5.11 Å². The van der Waals surface area contributed by atoms with Gasteiger partial charge in [0.25, 0.3) is 0 Å². The van der Waals surface area contributed by atoms with Crippen LogP contribution in [-0.4, -0.2) is 33.8 Å². The van der Waals surface area contributed by atoms with Crippen molar-refractivity contribution in [1.82, 2.24) is 15.3 Å². The summed E-state index contributed by atoms with van der Waals surface area (Å²) in [4.78, 5) is 8.81. The van der Waals surface area contributed by atoms with Gasteiger partial charge in [0.15, 0.2) is 0 Å². The Labute approximate surface area is 192 Å². The van der Waals surface area contributed by atoms with E-state index in [-0.39, 0.29) is 0 Å². The number of aliphatic hydroxyl groups is 1. The van der Waals surface area contributed by atoms with Crippen molar-refractivity contribution < 1.29 is 9.84 Å². The third-order valence-electron chi connectivity index (χ3n) is 5.60. The largest absolute Gasteiger partial charge is 0.457 e. The van der Waals surface area contributed by atoms with Crippen LogP contribution in [0.3, 0.4) is 0 Å². The van der Waals surface area contributed by atoms with E-state index in [1.165, 1.54) is 0 Å². The lowest BCUT2D eigenvalue weighted by atomic mass is 9.93. The van der Waals surface area contributed by atoms with E-state index in [1.54, 1.807) is 6.33 Å². The molecule has 5 rings (SSSR count). The van der Waals surface area contributed by atoms with Gasteiger partial charge in [0.2, 0.25) is 0 Å². The Morgan fingerprint density at radius 3 is 2.45 bits per heavy atom. The quantitative estimate of drug-likeness (QED) is 0.405. The SMILES string of the molecule is OC1(C#Cc2ccc3ncnc(Nc4ccc(Oc5ccccc5)cc4)c3c2)CCNCC1. The van der Waals surface area contributed by atoms with Crippen molar-refractivity contribution in [2.75, 3.05) is 18.4 Å². The molecule has 0 spiro atoms. The summed E-state index contributed by atoms with van der Waals surface area (Å²) in [5, 5.41) is 18.1. The first kappa shape index (κ1) is 21.0. The first-order valence-electron chi connectivity index (χ1n) is 11.0. The van der Waals surface area contributed by atoms with E-state index >= 15 is 0 Å². The highest BCUT2D eigenvalue weighted by Crippen LogP contribution is 2.27. The van der Waals surface area contributed by atoms with E-state index in [0.717, 1.165) is 46.7 Å². The summed E-state index contributed by atoms with van der Waals surface area (Å²) >= 11 is 0. The number of aromatic nitrogens is 2. The highest BCUT2D eigenvalue weighted by atomic mass is 16.5. The standard InChI is InChI=1S/C27H24N4O2/c32-27(14-16-28-17-15-27)13-12-20-6-11-25-24(18-20)26(30-19-29-25)31-21-7-9-23(10-8-21)33-22-4-2-1-3-5-22/h1-11,18-19,28,32H,14-17H2,(H,29,30,31). The van der Waals surface area contributed by atoms with Gasteiger partial charge in [0.05, 0.1) is 5.52 Å². The molecule has 4 aromatic rings. The number of piperidine rings is 1. The maximum atomic E-state index is 10.6. The molecule has 0 amide bonds. The Hall–Kier alpha value is -3.92. The minimum atomic E-state index is -0.932. The number of fused-ring (bicyclic) bond motifs is 1. The summed E-state index contributed by atoms with van der Waals surface area (Å²) in [5.74, 6) is 8.45. The number of ether oxygens (including phenoxy) is 1. The van der Waals surface area contributed by atoms with Crippen LogP contribution in [0.5, 0.6) is 11.5 Å². The second-order valence-corrected chi connectivity index (χ2v) is 8.05. The van der Waals surface area contributed by atoms with Gasteiger partial charge in [0, 0.05) is 16.6 Å². The Morgan fingerprint density at radius 2 is 1.67 bits per heavy atom. The minimum Gasteiger partial charge on any atom is -0.457 e. The Morgan fingerprint density at radius 1 is 0.909 bits per heavy atom. The third-order valence-corrected chi connectivity index (χ3v) is 5.60. The number of nitrogens with one attached hydrogen (secondary N) is 2. The molecule has 0 bridgehead atoms. The number of rotatable bonds is 4. The average molecular weight is 437 g/mol. The highest BCUT2D eigenvalue weighted by Gasteiger charge is 2.26. The molecule has 1 fully saturated rings. The smallest absolute Gasteiger partial charge is 0.141 e. The predicted molar refractivity (Wildman–Crippen MR) is 130 cm³/mol. The number of hydrogen-bond donors (Lipinski definition) is 3. The van der Waals surface area contributed by atoms with E-state index in [1.807, 2.05) is 72.8 Å². The van der Waals surface area contributed by atoms with Crippen LogP contribution in [-0.2, 0) is 0 Å². The fourth-order valence-corrected chi connectivity index (χ4v) is 3.76. The molecule has 0 saturated carbocycles. The summed E-state index contributed by atoms with van der Waals surface area (Å²) in [5.41, 5.74) is 1.59. The van der Waals surface area contributed by atoms with Gasteiger partial charge in [0.1, 0.15) is 29.2 Å². The molecular weight excluding hydrogens is 412 g/mol. The zero-order chi connectivity index (χ0) is 22.5. The number of nitrogens with zero attached hydrogens (tertiary/aromatic N) is 2. The normalized spacial score (nSPS) is 14.8. The topological polar surface area (TPSA) is 79.3 Å². The van der Waals surface area contributed by atoms with Gasteiger partial charge < -0.3 is 20.5 Å². The molecule has 1 aromatic heterocycles. The van der Waals surface area contributed by atoms with Crippen LogP contribution >= 0.6 is 0 Å². The van der Waals surface area contributed by atoms with Crippen LogP contribution in [0.2, 0.25) is 0 Å². The fourth-order valence-electron chi connectivity index (χ4n) is 3.76. The Bertz CT molecular complexity index is 1310. The zero-order valence-corrected chi connectivity index (χ0v) is 18.1. The van der Waals surface area contributed by atoms with Crippen molar-refractivity contribution in [2.24, 2.45) is 0 Å². The molecule has 6 nitrogen and oxygen atoms in total. The summed E-state index contributed by atoms with van der Waals surface area (Å²) in [6, 6.07) is 23.2. The van der Waals surface area contributed by atoms with Crippen LogP contribution < -0.4 is 15.4 Å². The molecule has 164 valence electrons. The Balaban J connectivity index is 1.36. The monoisotopic (exact) mass is 436 g/mol. The van der Waals surface area contributed by atoms with Crippen molar-refractivity contribution in [1.29, 1.82) is 0 Å². The van der Waals surface area contributed by atoms with Gasteiger partial charge in [-0.05, 0) is 80.5 Å². The zero-order valence-electron chi connectivity index (χ0n) is 18.1. The fraction of sp³-hybridized carbons (Fsp3) is 0.185. The molecule has 1 aliphatic rings. The molecule has 0 aliphatic carbocycles. The van der Waals surface area contributed by atoms with Crippen LogP contribution in [0.1, 0.15) is 18.4 Å². The number of benzene rings is 3. The lowest BCUT2D eigenvalue weighted by Gasteiger charge is -2.27. The minimum absolute atomic E-state index is 0.632. The van der Waals surface area contributed by atoms with Gasteiger partial charge in [-0.1, -0.05) is 30.0 Å². The van der Waals surface area contributed by atoms with Crippen molar-refractivity contribution in [3.05, 3.63) is 84.7 Å². The number of para-hydroxylation sites is 1. The summed E-state index contributed by atoms with van der Waals surface area (Å²) in [7, 11) is 0. The molecule has 3 N–H and O–H groups in total. The number of hydrogen-bond acceptors (Lipinski definition) is 6. The van der Waals surface area contributed by atoms with E-state index in [0.29, 0.717) is 18.7 Å². The summed E-state index contributed by atoms with van der Waals surface area (Å²) < 4.78 is 5.86. The second kappa shape index (κ2) is 9.29. The predicted octanol–water partition coefficient (Wildman–Crippen LogP) is 4.63. The van der Waals surface area contributed by atoms with E-state index in [4.69, 9.17) is 4.74 Å². The molecule has 0 unspecified atom stereocenters. The third kappa shape index (κ3) is 5.12. The highest BCUT2D eigenvalue weighted by molar-refractivity contribution is 5.91. The molecule has 6 heteroatoms. The molecule has 3 aromatic carbocycles. The van der Waals surface area contributed by atoms with Crippen LogP contribution in [0.4, 0.5) is 11.5 Å². The molecule has 0 radical (unpaired) electrons. The van der Waals surface area contributed by atoms with E-state index < -0.39 is 5.60 Å².